The minimum absolute atomic E-state index is 0.0503. The van der Waals surface area contributed by atoms with Crippen molar-refractivity contribution in [2.24, 2.45) is 5.41 Å². The smallest absolute Gasteiger partial charge is 0.252 e. The van der Waals surface area contributed by atoms with Crippen molar-refractivity contribution in [1.82, 2.24) is 4.90 Å². The molecule has 0 aliphatic carbocycles. The molecule has 2 fully saturated rings. The topological polar surface area (TPSA) is 32.8 Å². The van der Waals surface area contributed by atoms with Crippen LogP contribution in [0.4, 0.5) is 5.69 Å². The molecule has 4 rings (SSSR count). The van der Waals surface area contributed by atoms with Gasteiger partial charge in [-0.1, -0.05) is 48.5 Å². The SMILES string of the molecule is O=C1COCC2(CCN(CCCc3ccccc3)C2)CN1c1ccccc1. The maximum atomic E-state index is 12.6. The molecule has 0 bridgehead atoms. The number of ether oxygens (including phenoxy) is 1. The Hall–Kier alpha value is -2.17. The zero-order valence-electron chi connectivity index (χ0n) is 15.8. The Kier molecular flexibility index (Phi) is 5.55. The number of benzene rings is 2. The number of aryl methyl sites for hydroxylation is 1. The van der Waals surface area contributed by atoms with E-state index in [2.05, 4.69) is 35.2 Å². The van der Waals surface area contributed by atoms with Gasteiger partial charge in [0.15, 0.2) is 0 Å². The molecule has 2 aliphatic heterocycles. The van der Waals surface area contributed by atoms with E-state index >= 15 is 0 Å². The third kappa shape index (κ3) is 4.40. The molecule has 1 unspecified atom stereocenters. The average molecular weight is 364 g/mol. The van der Waals surface area contributed by atoms with Crippen molar-refractivity contribution in [1.29, 1.82) is 0 Å². The first-order valence-electron chi connectivity index (χ1n) is 9.94. The highest BCUT2D eigenvalue weighted by atomic mass is 16.5. The van der Waals surface area contributed by atoms with Gasteiger partial charge in [0.2, 0.25) is 0 Å². The molecule has 0 N–H and O–H groups in total. The number of carbonyl (C=O) groups excluding carboxylic acids is 1. The van der Waals surface area contributed by atoms with E-state index in [-0.39, 0.29) is 17.9 Å². The Morgan fingerprint density at radius 3 is 2.48 bits per heavy atom. The van der Waals surface area contributed by atoms with Crippen molar-refractivity contribution >= 4 is 11.6 Å². The Morgan fingerprint density at radius 2 is 1.70 bits per heavy atom. The molecule has 1 atom stereocenters. The number of carbonyl (C=O) groups is 1. The summed E-state index contributed by atoms with van der Waals surface area (Å²) in [5, 5.41) is 0. The second-order valence-electron chi connectivity index (χ2n) is 7.92. The van der Waals surface area contributed by atoms with Crippen molar-refractivity contribution in [3.8, 4) is 0 Å². The Balaban J connectivity index is 1.37. The van der Waals surface area contributed by atoms with Crippen molar-refractivity contribution in [2.75, 3.05) is 44.3 Å². The first-order chi connectivity index (χ1) is 13.2. The lowest BCUT2D eigenvalue weighted by molar-refractivity contribution is -0.122. The molecule has 27 heavy (non-hydrogen) atoms. The number of amides is 1. The van der Waals surface area contributed by atoms with Crippen molar-refractivity contribution in [3.63, 3.8) is 0 Å². The van der Waals surface area contributed by atoms with Crippen LogP contribution in [0.15, 0.2) is 60.7 Å². The van der Waals surface area contributed by atoms with Crippen LogP contribution in [-0.4, -0.2) is 50.2 Å². The molecule has 2 saturated heterocycles. The highest BCUT2D eigenvalue weighted by Crippen LogP contribution is 2.35. The number of hydrogen-bond acceptors (Lipinski definition) is 3. The van der Waals surface area contributed by atoms with Gasteiger partial charge >= 0.3 is 0 Å². The van der Waals surface area contributed by atoms with Crippen LogP contribution in [0, 0.1) is 5.41 Å². The zero-order valence-corrected chi connectivity index (χ0v) is 15.8. The maximum Gasteiger partial charge on any atom is 0.252 e. The quantitative estimate of drug-likeness (QED) is 0.815. The van der Waals surface area contributed by atoms with Crippen molar-refractivity contribution in [3.05, 3.63) is 66.2 Å². The van der Waals surface area contributed by atoms with Gasteiger partial charge in [-0.3, -0.25) is 4.79 Å². The summed E-state index contributed by atoms with van der Waals surface area (Å²) in [7, 11) is 0. The summed E-state index contributed by atoms with van der Waals surface area (Å²) in [6.07, 6.45) is 3.38. The molecule has 0 saturated carbocycles. The number of rotatable bonds is 5. The molecule has 1 amide bonds. The van der Waals surface area contributed by atoms with Gasteiger partial charge in [0.05, 0.1) is 6.61 Å². The standard InChI is InChI=1S/C23H28N2O2/c26-22-16-27-19-23(18-25(22)21-11-5-2-6-12-21)13-15-24(17-23)14-7-10-20-8-3-1-4-9-20/h1-6,8-9,11-12H,7,10,13-19H2. The first-order valence-corrected chi connectivity index (χ1v) is 9.94. The summed E-state index contributed by atoms with van der Waals surface area (Å²) in [6, 6.07) is 20.7. The van der Waals surface area contributed by atoms with Crippen LogP contribution >= 0.6 is 0 Å². The van der Waals surface area contributed by atoms with Crippen LogP contribution in [0.1, 0.15) is 18.4 Å². The molecule has 0 aromatic heterocycles. The fraction of sp³-hybridized carbons (Fsp3) is 0.435. The van der Waals surface area contributed by atoms with Gasteiger partial charge < -0.3 is 14.5 Å². The summed E-state index contributed by atoms with van der Waals surface area (Å²) in [5.74, 6) is 0.0700. The summed E-state index contributed by atoms with van der Waals surface area (Å²) < 4.78 is 5.80. The minimum atomic E-state index is 0.0503. The van der Waals surface area contributed by atoms with Crippen LogP contribution in [0.25, 0.3) is 0 Å². The Morgan fingerprint density at radius 1 is 0.963 bits per heavy atom. The van der Waals surface area contributed by atoms with Gasteiger partial charge in [0.1, 0.15) is 6.61 Å². The lowest BCUT2D eigenvalue weighted by atomic mass is 9.87. The molecule has 4 heteroatoms. The maximum absolute atomic E-state index is 12.6. The summed E-state index contributed by atoms with van der Waals surface area (Å²) in [5.41, 5.74) is 2.44. The largest absolute Gasteiger partial charge is 0.371 e. The molecule has 2 aliphatic rings. The van der Waals surface area contributed by atoms with Gasteiger partial charge in [-0.25, -0.2) is 0 Å². The number of nitrogens with zero attached hydrogens (tertiary/aromatic N) is 2. The third-order valence-electron chi connectivity index (χ3n) is 5.80. The van der Waals surface area contributed by atoms with Gasteiger partial charge in [-0.05, 0) is 50.0 Å². The van der Waals surface area contributed by atoms with Crippen molar-refractivity contribution in [2.45, 2.75) is 19.3 Å². The molecular formula is C23H28N2O2. The van der Waals surface area contributed by atoms with E-state index in [0.29, 0.717) is 6.61 Å². The average Bonchev–Trinajstić information content (AvgIpc) is 3.02. The zero-order chi connectivity index (χ0) is 18.5. The lowest BCUT2D eigenvalue weighted by Crippen LogP contribution is -2.42. The van der Waals surface area contributed by atoms with E-state index in [4.69, 9.17) is 4.74 Å². The van der Waals surface area contributed by atoms with Crippen LogP contribution in [0.5, 0.6) is 0 Å². The fourth-order valence-electron chi connectivity index (χ4n) is 4.36. The second-order valence-corrected chi connectivity index (χ2v) is 7.92. The van der Waals surface area contributed by atoms with Gasteiger partial charge in [0, 0.05) is 24.2 Å². The van der Waals surface area contributed by atoms with Gasteiger partial charge in [0.25, 0.3) is 5.91 Å². The predicted molar refractivity (Wildman–Crippen MR) is 108 cm³/mol. The molecule has 2 aromatic rings. The molecular weight excluding hydrogens is 336 g/mol. The third-order valence-corrected chi connectivity index (χ3v) is 5.80. The monoisotopic (exact) mass is 364 g/mol. The summed E-state index contributed by atoms with van der Waals surface area (Å²) in [6.45, 7) is 4.83. The molecule has 1 spiro atoms. The Bertz CT molecular complexity index is 749. The lowest BCUT2D eigenvalue weighted by Gasteiger charge is -2.32. The number of hydrogen-bond donors (Lipinski definition) is 0. The van der Waals surface area contributed by atoms with E-state index in [0.717, 1.165) is 44.7 Å². The van der Waals surface area contributed by atoms with Crippen LogP contribution in [0.3, 0.4) is 0 Å². The van der Waals surface area contributed by atoms with E-state index in [9.17, 15) is 4.79 Å². The number of anilines is 1. The second kappa shape index (κ2) is 8.24. The molecule has 0 radical (unpaired) electrons. The van der Waals surface area contributed by atoms with Gasteiger partial charge in [-0.2, -0.15) is 0 Å². The molecule has 142 valence electrons. The minimum Gasteiger partial charge on any atom is -0.371 e. The van der Waals surface area contributed by atoms with E-state index in [1.165, 1.54) is 12.0 Å². The number of para-hydroxylation sites is 1. The molecule has 2 heterocycles. The highest BCUT2D eigenvalue weighted by Gasteiger charge is 2.42. The van der Waals surface area contributed by atoms with Crippen LogP contribution in [-0.2, 0) is 16.0 Å². The normalized spacial score (nSPS) is 23.7. The molecule has 4 nitrogen and oxygen atoms in total. The van der Waals surface area contributed by atoms with E-state index < -0.39 is 0 Å². The van der Waals surface area contributed by atoms with Crippen LogP contribution < -0.4 is 4.90 Å². The van der Waals surface area contributed by atoms with Crippen LogP contribution in [0.2, 0.25) is 0 Å². The predicted octanol–water partition coefficient (Wildman–Crippen LogP) is 3.37. The van der Waals surface area contributed by atoms with E-state index in [1.807, 2.05) is 35.2 Å². The molecule has 2 aromatic carbocycles. The van der Waals surface area contributed by atoms with Crippen molar-refractivity contribution < 1.29 is 9.53 Å². The van der Waals surface area contributed by atoms with Gasteiger partial charge in [-0.15, -0.1) is 0 Å². The highest BCUT2D eigenvalue weighted by molar-refractivity contribution is 5.94. The first kappa shape index (κ1) is 18.2. The van der Waals surface area contributed by atoms with E-state index in [1.54, 1.807) is 0 Å². The summed E-state index contributed by atoms with van der Waals surface area (Å²) in [4.78, 5) is 17.0. The summed E-state index contributed by atoms with van der Waals surface area (Å²) >= 11 is 0. The number of likely N-dealkylation sites (tertiary alicyclic amines) is 1. The fourth-order valence-corrected chi connectivity index (χ4v) is 4.36. The Labute approximate surface area is 161 Å².